The lowest BCUT2D eigenvalue weighted by Crippen LogP contribution is -2.37. The summed E-state index contributed by atoms with van der Waals surface area (Å²) in [5, 5.41) is 7.99. The second-order valence-electron chi connectivity index (χ2n) is 8.51. The molecule has 1 atom stereocenters. The van der Waals surface area contributed by atoms with Gasteiger partial charge in [0, 0.05) is 5.56 Å². The summed E-state index contributed by atoms with van der Waals surface area (Å²) in [6.45, 7) is 1.27. The molecule has 15 heteroatoms. The molecule has 0 radical (unpaired) electrons. The predicted molar refractivity (Wildman–Crippen MR) is 131 cm³/mol. The highest BCUT2D eigenvalue weighted by molar-refractivity contribution is 7.46. The van der Waals surface area contributed by atoms with Gasteiger partial charge < -0.3 is 25.0 Å². The number of nitrogens with two attached hydrogens (primary N) is 1. The van der Waals surface area contributed by atoms with E-state index in [2.05, 4.69) is 14.7 Å². The number of halogens is 4. The quantitative estimate of drug-likeness (QED) is 0.140. The zero-order valence-electron chi connectivity index (χ0n) is 20.2. The number of phosphoric acid groups is 1. The zero-order valence-corrected chi connectivity index (χ0v) is 21.9. The molecule has 3 rings (SSSR count). The van der Waals surface area contributed by atoms with Gasteiger partial charge in [0.25, 0.3) is 0 Å². The van der Waals surface area contributed by atoms with Gasteiger partial charge in [-0.25, -0.2) is 8.96 Å². The molecule has 0 fully saturated rings. The number of hydrogen-bond donors (Lipinski definition) is 3. The van der Waals surface area contributed by atoms with Crippen molar-refractivity contribution in [2.45, 2.75) is 37.9 Å². The molecule has 0 aliphatic heterocycles. The van der Waals surface area contributed by atoms with Crippen LogP contribution in [0.2, 0.25) is 0 Å². The number of hydrogen-bond acceptors (Lipinski definition) is 8. The number of ether oxygens (including phenoxy) is 2. The van der Waals surface area contributed by atoms with Gasteiger partial charge >= 0.3 is 14.0 Å². The largest absolute Gasteiger partial charge is 0.494 e. The maximum Gasteiger partial charge on any atom is 0.469 e. The van der Waals surface area contributed by atoms with Crippen LogP contribution in [-0.2, 0) is 20.8 Å². The smallest absolute Gasteiger partial charge is 0.469 e. The Morgan fingerprint density at radius 1 is 1.00 bits per heavy atom. The van der Waals surface area contributed by atoms with Gasteiger partial charge in [-0.1, -0.05) is 11.3 Å². The zero-order chi connectivity index (χ0) is 28.0. The minimum absolute atomic E-state index is 0.0625. The van der Waals surface area contributed by atoms with Crippen molar-refractivity contribution >= 4 is 19.2 Å². The lowest BCUT2D eigenvalue weighted by molar-refractivity contribution is -0.138. The molecular weight excluding hydrogens is 553 g/mol. The van der Waals surface area contributed by atoms with E-state index in [1.807, 2.05) is 0 Å². The fraction of sp³-hybridized carbons (Fsp3) is 0.391. The third-order valence-corrected chi connectivity index (χ3v) is 6.82. The summed E-state index contributed by atoms with van der Waals surface area (Å²) >= 11 is 0.878. The van der Waals surface area contributed by atoms with E-state index in [-0.39, 0.29) is 33.8 Å². The van der Waals surface area contributed by atoms with Crippen LogP contribution >= 0.6 is 19.2 Å². The van der Waals surface area contributed by atoms with Crippen molar-refractivity contribution in [3.63, 3.8) is 0 Å². The summed E-state index contributed by atoms with van der Waals surface area (Å²) < 4.78 is 80.4. The Hall–Kier alpha value is -2.61. The Balaban J connectivity index is 1.58. The van der Waals surface area contributed by atoms with Crippen molar-refractivity contribution in [2.24, 2.45) is 5.73 Å². The van der Waals surface area contributed by atoms with Gasteiger partial charge in [0.1, 0.15) is 27.3 Å². The Morgan fingerprint density at radius 2 is 1.66 bits per heavy atom. The fourth-order valence-corrected chi connectivity index (χ4v) is 4.46. The van der Waals surface area contributed by atoms with Crippen molar-refractivity contribution < 1.29 is 45.9 Å². The van der Waals surface area contributed by atoms with Crippen molar-refractivity contribution in [1.82, 2.24) is 10.2 Å². The third-order valence-electron chi connectivity index (χ3n) is 5.11. The van der Waals surface area contributed by atoms with Crippen LogP contribution in [0.25, 0.3) is 10.6 Å². The first-order chi connectivity index (χ1) is 17.7. The van der Waals surface area contributed by atoms with E-state index in [1.54, 1.807) is 0 Å². The van der Waals surface area contributed by atoms with E-state index in [4.69, 9.17) is 25.0 Å². The molecule has 0 aliphatic carbocycles. The number of nitrogens with zero attached hydrogens (tertiary/aromatic N) is 2. The minimum atomic E-state index is -4.78. The van der Waals surface area contributed by atoms with Gasteiger partial charge in [0.15, 0.2) is 0 Å². The molecule has 208 valence electrons. The average molecular weight is 580 g/mol. The molecule has 0 bridgehead atoms. The lowest BCUT2D eigenvalue weighted by Gasteiger charge is -2.21. The highest BCUT2D eigenvalue weighted by Crippen LogP contribution is 2.41. The minimum Gasteiger partial charge on any atom is -0.494 e. The van der Waals surface area contributed by atoms with Crippen molar-refractivity contribution in [1.29, 1.82) is 0 Å². The molecule has 4 N–H and O–H groups in total. The topological polar surface area (TPSA) is 137 Å². The molecule has 3 aromatic rings. The van der Waals surface area contributed by atoms with E-state index in [9.17, 15) is 22.1 Å². The molecule has 0 saturated heterocycles. The lowest BCUT2D eigenvalue weighted by atomic mass is 10.1. The predicted octanol–water partition coefficient (Wildman–Crippen LogP) is 5.27. The Kier molecular flexibility index (Phi) is 9.85. The summed E-state index contributed by atoms with van der Waals surface area (Å²) in [4.78, 5) is 17.8. The Morgan fingerprint density at radius 3 is 2.29 bits per heavy atom. The van der Waals surface area contributed by atoms with Gasteiger partial charge in [-0.3, -0.25) is 4.52 Å². The first-order valence-corrected chi connectivity index (χ1v) is 13.6. The highest BCUT2D eigenvalue weighted by atomic mass is 32.1. The second-order valence-corrected chi connectivity index (χ2v) is 10.7. The highest BCUT2D eigenvalue weighted by Gasteiger charge is 2.35. The second kappa shape index (κ2) is 12.5. The van der Waals surface area contributed by atoms with E-state index in [0.717, 1.165) is 17.4 Å². The number of rotatable bonds is 13. The maximum atomic E-state index is 13.7. The maximum absolute atomic E-state index is 13.7. The van der Waals surface area contributed by atoms with Crippen LogP contribution in [0.3, 0.4) is 0 Å². The fourth-order valence-electron chi connectivity index (χ4n) is 3.14. The first kappa shape index (κ1) is 29.9. The average Bonchev–Trinajstić information content (AvgIpc) is 3.34. The number of benzene rings is 2. The van der Waals surface area contributed by atoms with E-state index >= 15 is 0 Å². The van der Waals surface area contributed by atoms with Crippen LogP contribution in [0, 0.1) is 5.82 Å². The molecule has 0 amide bonds. The van der Waals surface area contributed by atoms with Crippen LogP contribution in [-0.4, -0.2) is 39.8 Å². The molecule has 9 nitrogen and oxygen atoms in total. The van der Waals surface area contributed by atoms with Crippen molar-refractivity contribution in [3.8, 4) is 22.1 Å². The summed E-state index contributed by atoms with van der Waals surface area (Å²) in [6, 6.07) is 9.11. The third kappa shape index (κ3) is 9.00. The number of alkyl halides is 3. The monoisotopic (exact) mass is 579 g/mol. The Bertz CT molecular complexity index is 1250. The standard InChI is InChI=1S/C23H26F4N3O6PS/c1-22(28,14-36-37(31,32)33)21-30-29-20(38-21)15-5-10-19(18(13-15)23(25,26)27)35-12-4-2-3-11-34-17-8-6-16(24)7-9-17/h5-10,13H,2-4,11-12,14,28H2,1H3,(H2,31,32,33)/t22-/m0/s1. The molecule has 1 aromatic heterocycles. The molecule has 1 heterocycles. The number of unbranched alkanes of at least 4 members (excludes halogenated alkanes) is 2. The van der Waals surface area contributed by atoms with Crippen LogP contribution in [0.15, 0.2) is 42.5 Å². The summed E-state index contributed by atoms with van der Waals surface area (Å²) in [6.07, 6.45) is -2.90. The van der Waals surface area contributed by atoms with E-state index in [1.165, 1.54) is 43.3 Å². The number of phosphoric ester groups is 1. The van der Waals surface area contributed by atoms with Crippen LogP contribution in [0.4, 0.5) is 17.6 Å². The normalized spacial score (nSPS) is 13.8. The SMILES string of the molecule is C[C@](N)(COP(=O)(O)O)c1nnc(-c2ccc(OCCCCCOc3ccc(F)cc3)c(C(F)(F)F)c2)s1. The molecule has 0 spiro atoms. The summed E-state index contributed by atoms with van der Waals surface area (Å²) in [5.74, 6) is -0.156. The summed E-state index contributed by atoms with van der Waals surface area (Å²) in [7, 11) is -4.78. The van der Waals surface area contributed by atoms with Gasteiger partial charge in [-0.05, 0) is 68.7 Å². The molecule has 0 aliphatic rings. The van der Waals surface area contributed by atoms with Gasteiger partial charge in [0.2, 0.25) is 0 Å². The van der Waals surface area contributed by atoms with Gasteiger partial charge in [-0.15, -0.1) is 10.2 Å². The first-order valence-electron chi connectivity index (χ1n) is 11.3. The van der Waals surface area contributed by atoms with Crippen molar-refractivity contribution in [2.75, 3.05) is 19.8 Å². The molecule has 0 unspecified atom stereocenters. The van der Waals surface area contributed by atoms with E-state index < -0.39 is 31.7 Å². The van der Waals surface area contributed by atoms with Crippen LogP contribution in [0.5, 0.6) is 11.5 Å². The van der Waals surface area contributed by atoms with Gasteiger partial charge in [0.05, 0.1) is 30.9 Å². The molecular formula is C23H26F4N3O6PS. The van der Waals surface area contributed by atoms with Crippen molar-refractivity contribution in [3.05, 3.63) is 58.9 Å². The molecule has 38 heavy (non-hydrogen) atoms. The molecule has 2 aromatic carbocycles. The van der Waals surface area contributed by atoms with Crippen LogP contribution in [0.1, 0.15) is 36.8 Å². The summed E-state index contributed by atoms with van der Waals surface area (Å²) in [5.41, 5.74) is 3.72. The molecule has 0 saturated carbocycles. The Labute approximate surface area is 219 Å². The number of aromatic nitrogens is 2. The van der Waals surface area contributed by atoms with Crippen LogP contribution < -0.4 is 15.2 Å². The van der Waals surface area contributed by atoms with E-state index in [0.29, 0.717) is 31.6 Å². The van der Waals surface area contributed by atoms with Gasteiger partial charge in [-0.2, -0.15) is 13.2 Å².